The molecule has 6 aromatic carbocycles. The summed E-state index contributed by atoms with van der Waals surface area (Å²) in [4.78, 5) is 2.51. The largest absolute Gasteiger partial charge is 0.333 e. The van der Waals surface area contributed by atoms with E-state index in [0.29, 0.717) is 0 Å². The molecule has 1 aromatic heterocycles. The molecule has 2 heterocycles. The highest BCUT2D eigenvalue weighted by Crippen LogP contribution is 2.54. The second-order valence-electron chi connectivity index (χ2n) is 14.3. The normalized spacial score (nSPS) is 15.7. The second kappa shape index (κ2) is 14.6. The molecule has 56 heavy (non-hydrogen) atoms. The average Bonchev–Trinajstić information content (AvgIpc) is 3.78. The van der Waals surface area contributed by atoms with Crippen LogP contribution in [0.3, 0.4) is 0 Å². The van der Waals surface area contributed by atoms with Gasteiger partial charge in [-0.25, -0.2) is 0 Å². The number of hydrogen-bond acceptors (Lipinski definition) is 1. The van der Waals surface area contributed by atoms with Crippen molar-refractivity contribution in [2.45, 2.75) is 12.0 Å². The predicted molar refractivity (Wildman–Crippen MR) is 240 cm³/mol. The lowest BCUT2D eigenvalue weighted by atomic mass is 9.82. The van der Waals surface area contributed by atoms with Crippen molar-refractivity contribution in [3.8, 4) is 27.9 Å². The van der Waals surface area contributed by atoms with Gasteiger partial charge < -0.3 is 9.47 Å². The highest BCUT2D eigenvalue weighted by atomic mass is 15.2. The van der Waals surface area contributed by atoms with E-state index in [1.54, 1.807) is 12.2 Å². The highest BCUT2D eigenvalue weighted by molar-refractivity contribution is 5.96. The van der Waals surface area contributed by atoms with E-state index in [0.717, 1.165) is 28.0 Å². The third-order valence-electron chi connectivity index (χ3n) is 11.2. The van der Waals surface area contributed by atoms with Crippen molar-refractivity contribution < 1.29 is 0 Å². The lowest BCUT2D eigenvalue weighted by Crippen LogP contribution is -2.30. The van der Waals surface area contributed by atoms with Crippen molar-refractivity contribution >= 4 is 33.9 Å². The quantitative estimate of drug-likeness (QED) is 0.128. The summed E-state index contributed by atoms with van der Waals surface area (Å²) in [7, 11) is 0. The summed E-state index contributed by atoms with van der Waals surface area (Å²) in [6.45, 7) is 16.4. The topological polar surface area (TPSA) is 8.17 Å². The van der Waals surface area contributed by atoms with E-state index >= 15 is 0 Å². The van der Waals surface area contributed by atoms with Crippen molar-refractivity contribution in [2.24, 2.45) is 0 Å². The number of anilines is 2. The summed E-state index contributed by atoms with van der Waals surface area (Å²) >= 11 is 0. The molecular formula is C54H42N2. The Morgan fingerprint density at radius 3 is 2.04 bits per heavy atom. The molecule has 268 valence electrons. The van der Waals surface area contributed by atoms with Crippen LogP contribution in [0, 0.1) is 0 Å². The van der Waals surface area contributed by atoms with Gasteiger partial charge in [-0.15, -0.1) is 0 Å². The Kier molecular flexibility index (Phi) is 9.01. The molecule has 0 fully saturated rings. The summed E-state index contributed by atoms with van der Waals surface area (Å²) in [6.07, 6.45) is 14.1. The molecule has 1 aliphatic heterocycles. The van der Waals surface area contributed by atoms with Gasteiger partial charge in [-0.1, -0.05) is 184 Å². The van der Waals surface area contributed by atoms with Gasteiger partial charge in [-0.2, -0.15) is 0 Å². The molecule has 0 radical (unpaired) electrons. The molecule has 2 aliphatic rings. The van der Waals surface area contributed by atoms with Crippen LogP contribution in [0.1, 0.15) is 28.3 Å². The minimum absolute atomic E-state index is 0.104. The van der Waals surface area contributed by atoms with Gasteiger partial charge in [0.25, 0.3) is 0 Å². The van der Waals surface area contributed by atoms with Crippen LogP contribution in [0.25, 0.3) is 50.5 Å². The lowest BCUT2D eigenvalue weighted by Gasteiger charge is -2.31. The van der Waals surface area contributed by atoms with Crippen LogP contribution in [-0.2, 0) is 0 Å². The summed E-state index contributed by atoms with van der Waals surface area (Å²) in [6, 6.07) is 55.1. The second-order valence-corrected chi connectivity index (χ2v) is 14.3. The maximum absolute atomic E-state index is 4.37. The van der Waals surface area contributed by atoms with E-state index in [2.05, 4.69) is 200 Å². The summed E-state index contributed by atoms with van der Waals surface area (Å²) in [5.41, 5.74) is 17.3. The first kappa shape index (κ1) is 34.6. The predicted octanol–water partition coefficient (Wildman–Crippen LogP) is 14.1. The van der Waals surface area contributed by atoms with E-state index in [1.165, 1.54) is 61.4 Å². The Labute approximate surface area is 330 Å². The Bertz CT molecular complexity index is 2750. The zero-order chi connectivity index (χ0) is 38.2. The first-order valence-corrected chi connectivity index (χ1v) is 19.1. The minimum Gasteiger partial charge on any atom is -0.333 e. The van der Waals surface area contributed by atoms with Crippen LogP contribution in [-0.4, -0.2) is 10.6 Å². The molecule has 0 spiro atoms. The Hall–Kier alpha value is -7.16. The highest BCUT2D eigenvalue weighted by Gasteiger charge is 2.43. The number of nitrogens with zero attached hydrogens (tertiary/aromatic N) is 2. The van der Waals surface area contributed by atoms with E-state index < -0.39 is 0 Å². The molecule has 1 aliphatic carbocycles. The van der Waals surface area contributed by atoms with Crippen molar-refractivity contribution in [1.29, 1.82) is 0 Å². The Morgan fingerprint density at radius 2 is 1.27 bits per heavy atom. The average molecular weight is 719 g/mol. The molecule has 9 rings (SSSR count). The third-order valence-corrected chi connectivity index (χ3v) is 11.2. The number of para-hydroxylation sites is 3. The van der Waals surface area contributed by atoms with Crippen molar-refractivity contribution in [2.75, 3.05) is 4.90 Å². The third kappa shape index (κ3) is 5.84. The van der Waals surface area contributed by atoms with Gasteiger partial charge >= 0.3 is 0 Å². The van der Waals surface area contributed by atoms with Gasteiger partial charge in [0.15, 0.2) is 0 Å². The van der Waals surface area contributed by atoms with E-state index in [4.69, 9.17) is 0 Å². The molecule has 0 saturated heterocycles. The van der Waals surface area contributed by atoms with E-state index in [9.17, 15) is 0 Å². The number of rotatable bonds is 10. The minimum atomic E-state index is 0.104. The molecule has 2 unspecified atom stereocenters. The molecule has 0 saturated carbocycles. The molecule has 0 N–H and O–H groups in total. The zero-order valence-corrected chi connectivity index (χ0v) is 31.4. The Balaban J connectivity index is 1.13. The number of hydrogen-bond donors (Lipinski definition) is 0. The fourth-order valence-electron chi connectivity index (χ4n) is 8.66. The standard InChI is InChI=1S/C54H42N2/c1-5-7-18-37(3)38(4)44(17-6-2)41-31-33-43(34-32-41)55-49-25-15-12-22-46(49)53-51(55)35-36-52-54(53)47-23-13-16-26-50(47)56(52)48-24-14-11-21-45(48)42-29-27-40(28-30-42)39-19-9-8-10-20-39/h5-36,51,53H,1-4H2/b18-7-,44-17+. The van der Waals surface area contributed by atoms with Gasteiger partial charge in [-0.3, -0.25) is 0 Å². The van der Waals surface area contributed by atoms with Crippen LogP contribution >= 0.6 is 0 Å². The van der Waals surface area contributed by atoms with Gasteiger partial charge in [0.1, 0.15) is 0 Å². The van der Waals surface area contributed by atoms with Gasteiger partial charge in [-0.05, 0) is 86.5 Å². The first-order chi connectivity index (χ1) is 27.6. The Morgan fingerprint density at radius 1 is 0.607 bits per heavy atom. The van der Waals surface area contributed by atoms with Crippen LogP contribution in [0.4, 0.5) is 11.4 Å². The lowest BCUT2D eigenvalue weighted by molar-refractivity contribution is 0.725. The number of allylic oxidation sites excluding steroid dienone is 8. The smallest absolute Gasteiger partial charge is 0.0637 e. The van der Waals surface area contributed by atoms with Gasteiger partial charge in [0.05, 0.1) is 22.9 Å². The molecule has 2 atom stereocenters. The summed E-state index contributed by atoms with van der Waals surface area (Å²) in [5, 5.41) is 1.28. The van der Waals surface area contributed by atoms with Crippen LogP contribution in [0.2, 0.25) is 0 Å². The van der Waals surface area contributed by atoms with Crippen molar-refractivity contribution in [3.05, 3.63) is 248 Å². The van der Waals surface area contributed by atoms with E-state index in [-0.39, 0.29) is 12.0 Å². The number of aromatic nitrogens is 1. The molecule has 2 nitrogen and oxygen atoms in total. The summed E-state index contributed by atoms with van der Waals surface area (Å²) < 4.78 is 2.48. The molecule has 2 heteroatoms. The van der Waals surface area contributed by atoms with Crippen LogP contribution in [0.15, 0.2) is 226 Å². The van der Waals surface area contributed by atoms with Crippen LogP contribution < -0.4 is 4.90 Å². The molecular weight excluding hydrogens is 677 g/mol. The van der Waals surface area contributed by atoms with Gasteiger partial charge in [0, 0.05) is 28.2 Å². The first-order valence-electron chi connectivity index (χ1n) is 19.1. The molecule has 7 aromatic rings. The number of benzene rings is 6. The SMILES string of the molecule is C=C/C=C\C(=C)C(=C)/C(=C\C=C)c1ccc(N2c3ccccc3C3c4c(n(-c5ccccc5-c5ccc(-c6ccccc6)cc5)c5ccccc45)C=CC32)cc1. The zero-order valence-electron chi connectivity index (χ0n) is 31.4. The van der Waals surface area contributed by atoms with Gasteiger partial charge in [0.2, 0.25) is 0 Å². The maximum atomic E-state index is 4.37. The van der Waals surface area contributed by atoms with Crippen molar-refractivity contribution in [3.63, 3.8) is 0 Å². The molecule has 0 bridgehead atoms. The fourth-order valence-corrected chi connectivity index (χ4v) is 8.66. The number of fused-ring (bicyclic) bond motifs is 7. The fraction of sp³-hybridized carbons (Fsp3) is 0.0370. The van der Waals surface area contributed by atoms with E-state index in [1.807, 2.05) is 18.2 Å². The maximum Gasteiger partial charge on any atom is 0.0637 e. The monoisotopic (exact) mass is 718 g/mol. The molecule has 0 amide bonds. The van der Waals surface area contributed by atoms with Crippen molar-refractivity contribution in [1.82, 2.24) is 4.57 Å². The van der Waals surface area contributed by atoms with Crippen LogP contribution in [0.5, 0.6) is 0 Å². The summed E-state index contributed by atoms with van der Waals surface area (Å²) in [5.74, 6) is 0.144.